The second-order valence-electron chi connectivity index (χ2n) is 3.46. The standard InChI is InChI=1S/C12H8ClFO3S/c13-9-6-18-11(12(15)16)10(9)17-5-7-1-3-8(14)4-2-7/h1-4,6H,5H2,(H,15,16). The van der Waals surface area contributed by atoms with Gasteiger partial charge in [-0.3, -0.25) is 0 Å². The summed E-state index contributed by atoms with van der Waals surface area (Å²) in [6, 6.07) is 5.75. The van der Waals surface area contributed by atoms with Crippen LogP contribution < -0.4 is 4.74 Å². The normalized spacial score (nSPS) is 10.3. The van der Waals surface area contributed by atoms with Crippen LogP contribution in [0, 0.1) is 5.82 Å². The van der Waals surface area contributed by atoms with E-state index in [4.69, 9.17) is 21.4 Å². The lowest BCUT2D eigenvalue weighted by molar-refractivity contribution is 0.0697. The van der Waals surface area contributed by atoms with Crippen LogP contribution in [0.25, 0.3) is 0 Å². The summed E-state index contributed by atoms with van der Waals surface area (Å²) in [5.41, 5.74) is 0.731. The average Bonchev–Trinajstić information content (AvgIpc) is 2.70. The predicted octanol–water partition coefficient (Wildman–Crippen LogP) is 3.82. The molecule has 1 aromatic heterocycles. The van der Waals surface area contributed by atoms with E-state index in [1.54, 1.807) is 12.1 Å². The van der Waals surface area contributed by atoms with Gasteiger partial charge in [-0.2, -0.15) is 0 Å². The van der Waals surface area contributed by atoms with E-state index in [1.165, 1.54) is 17.5 Å². The molecule has 0 radical (unpaired) electrons. The Kier molecular flexibility index (Phi) is 3.84. The largest absolute Gasteiger partial charge is 0.486 e. The van der Waals surface area contributed by atoms with E-state index in [1.807, 2.05) is 0 Å². The lowest BCUT2D eigenvalue weighted by Gasteiger charge is -2.06. The third-order valence-corrected chi connectivity index (χ3v) is 3.55. The first-order valence-corrected chi connectivity index (χ1v) is 6.21. The molecule has 0 aliphatic rings. The maximum absolute atomic E-state index is 12.7. The Morgan fingerprint density at radius 3 is 2.67 bits per heavy atom. The number of carboxylic acids is 1. The van der Waals surface area contributed by atoms with E-state index in [0.717, 1.165) is 16.9 Å². The summed E-state index contributed by atoms with van der Waals surface area (Å²) in [4.78, 5) is 11.0. The van der Waals surface area contributed by atoms with E-state index >= 15 is 0 Å². The number of carboxylic acid groups (broad SMARTS) is 1. The Balaban J connectivity index is 2.12. The van der Waals surface area contributed by atoms with Gasteiger partial charge in [0.25, 0.3) is 0 Å². The summed E-state index contributed by atoms with van der Waals surface area (Å²) in [5.74, 6) is -1.27. The van der Waals surface area contributed by atoms with Crippen molar-refractivity contribution in [2.24, 2.45) is 0 Å². The molecule has 0 spiro atoms. The van der Waals surface area contributed by atoms with Crippen molar-refractivity contribution in [3.05, 3.63) is 50.9 Å². The van der Waals surface area contributed by atoms with Crippen molar-refractivity contribution in [1.29, 1.82) is 0 Å². The zero-order chi connectivity index (χ0) is 13.1. The van der Waals surface area contributed by atoms with Crippen LogP contribution in [0.3, 0.4) is 0 Å². The number of ether oxygens (including phenoxy) is 1. The van der Waals surface area contributed by atoms with Gasteiger partial charge in [0.05, 0.1) is 5.02 Å². The lowest BCUT2D eigenvalue weighted by Crippen LogP contribution is -2.00. The summed E-state index contributed by atoms with van der Waals surface area (Å²) in [5, 5.41) is 10.7. The van der Waals surface area contributed by atoms with Crippen LogP contribution >= 0.6 is 22.9 Å². The first-order valence-electron chi connectivity index (χ1n) is 4.95. The summed E-state index contributed by atoms with van der Waals surface area (Å²) < 4.78 is 18.1. The molecule has 0 unspecified atom stereocenters. The fraction of sp³-hybridized carbons (Fsp3) is 0.0833. The number of aromatic carboxylic acids is 1. The van der Waals surface area contributed by atoms with Gasteiger partial charge < -0.3 is 9.84 Å². The van der Waals surface area contributed by atoms with Gasteiger partial charge in [0.2, 0.25) is 0 Å². The molecule has 0 atom stereocenters. The van der Waals surface area contributed by atoms with E-state index in [0.29, 0.717) is 0 Å². The second kappa shape index (κ2) is 5.37. The monoisotopic (exact) mass is 286 g/mol. The van der Waals surface area contributed by atoms with Crippen LogP contribution in [0.2, 0.25) is 5.02 Å². The Morgan fingerprint density at radius 2 is 2.06 bits per heavy atom. The Morgan fingerprint density at radius 1 is 1.39 bits per heavy atom. The molecule has 0 aliphatic heterocycles. The summed E-state index contributed by atoms with van der Waals surface area (Å²) in [6.45, 7) is 0.136. The molecule has 0 fully saturated rings. The van der Waals surface area contributed by atoms with Gasteiger partial charge in [-0.25, -0.2) is 9.18 Å². The molecule has 1 aromatic carbocycles. The predicted molar refractivity (Wildman–Crippen MR) is 67.0 cm³/mol. The number of thiophene rings is 1. The van der Waals surface area contributed by atoms with Gasteiger partial charge in [-0.15, -0.1) is 11.3 Å². The quantitative estimate of drug-likeness (QED) is 0.929. The first-order chi connectivity index (χ1) is 8.58. The van der Waals surface area contributed by atoms with E-state index < -0.39 is 5.97 Å². The van der Waals surface area contributed by atoms with Crippen LogP contribution in [-0.2, 0) is 6.61 Å². The smallest absolute Gasteiger partial charge is 0.349 e. The highest BCUT2D eigenvalue weighted by Gasteiger charge is 2.17. The van der Waals surface area contributed by atoms with Gasteiger partial charge in [0.15, 0.2) is 10.6 Å². The van der Waals surface area contributed by atoms with Gasteiger partial charge in [-0.1, -0.05) is 23.7 Å². The van der Waals surface area contributed by atoms with Crippen LogP contribution in [0.15, 0.2) is 29.6 Å². The van der Waals surface area contributed by atoms with E-state index in [9.17, 15) is 9.18 Å². The third kappa shape index (κ3) is 2.80. The molecule has 6 heteroatoms. The third-order valence-electron chi connectivity index (χ3n) is 2.19. The number of hydrogen-bond donors (Lipinski definition) is 1. The van der Waals surface area contributed by atoms with Crippen molar-refractivity contribution in [2.75, 3.05) is 0 Å². The minimum atomic E-state index is -1.08. The van der Waals surface area contributed by atoms with Gasteiger partial charge in [0, 0.05) is 5.38 Å². The van der Waals surface area contributed by atoms with E-state index in [-0.39, 0.29) is 28.1 Å². The van der Waals surface area contributed by atoms with Crippen molar-refractivity contribution in [2.45, 2.75) is 6.61 Å². The van der Waals surface area contributed by atoms with Gasteiger partial charge >= 0.3 is 5.97 Å². The molecule has 18 heavy (non-hydrogen) atoms. The highest BCUT2D eigenvalue weighted by Crippen LogP contribution is 2.35. The average molecular weight is 287 g/mol. The molecule has 1 heterocycles. The van der Waals surface area contributed by atoms with Gasteiger partial charge in [-0.05, 0) is 17.7 Å². The van der Waals surface area contributed by atoms with Crippen molar-refractivity contribution in [1.82, 2.24) is 0 Å². The molecule has 0 bridgehead atoms. The first kappa shape index (κ1) is 12.9. The molecule has 94 valence electrons. The fourth-order valence-corrected chi connectivity index (χ4v) is 2.39. The van der Waals surface area contributed by atoms with Crippen molar-refractivity contribution in [3.8, 4) is 5.75 Å². The number of halogens is 2. The van der Waals surface area contributed by atoms with Crippen molar-refractivity contribution in [3.63, 3.8) is 0 Å². The zero-order valence-electron chi connectivity index (χ0n) is 9.02. The molecule has 0 saturated heterocycles. The summed E-state index contributed by atoms with van der Waals surface area (Å²) in [7, 11) is 0. The number of hydrogen-bond acceptors (Lipinski definition) is 3. The molecular formula is C12H8ClFO3S. The highest BCUT2D eigenvalue weighted by atomic mass is 35.5. The lowest BCUT2D eigenvalue weighted by atomic mass is 10.2. The van der Waals surface area contributed by atoms with Crippen molar-refractivity contribution >= 4 is 28.9 Å². The summed E-state index contributed by atoms with van der Waals surface area (Å²) in [6.07, 6.45) is 0. The maximum Gasteiger partial charge on any atom is 0.349 e. The van der Waals surface area contributed by atoms with Crippen molar-refractivity contribution < 1.29 is 19.0 Å². The molecule has 3 nitrogen and oxygen atoms in total. The highest BCUT2D eigenvalue weighted by molar-refractivity contribution is 7.13. The summed E-state index contributed by atoms with van der Waals surface area (Å²) >= 11 is 6.85. The number of carbonyl (C=O) groups is 1. The van der Waals surface area contributed by atoms with Crippen LogP contribution in [-0.4, -0.2) is 11.1 Å². The minimum Gasteiger partial charge on any atom is -0.486 e. The van der Waals surface area contributed by atoms with Crippen LogP contribution in [0.5, 0.6) is 5.75 Å². The topological polar surface area (TPSA) is 46.5 Å². The molecular weight excluding hydrogens is 279 g/mol. The second-order valence-corrected chi connectivity index (χ2v) is 4.75. The Hall–Kier alpha value is -1.59. The molecule has 2 rings (SSSR count). The Labute approximate surface area is 111 Å². The van der Waals surface area contributed by atoms with Gasteiger partial charge in [0.1, 0.15) is 12.4 Å². The fourth-order valence-electron chi connectivity index (χ4n) is 1.34. The minimum absolute atomic E-state index is 0.0575. The van der Waals surface area contributed by atoms with Crippen LogP contribution in [0.4, 0.5) is 4.39 Å². The SMILES string of the molecule is O=C(O)c1scc(Cl)c1OCc1ccc(F)cc1. The molecule has 0 aliphatic carbocycles. The number of benzene rings is 1. The molecule has 0 amide bonds. The zero-order valence-corrected chi connectivity index (χ0v) is 10.6. The van der Waals surface area contributed by atoms with E-state index in [2.05, 4.69) is 0 Å². The molecule has 0 saturated carbocycles. The van der Waals surface area contributed by atoms with Crippen LogP contribution in [0.1, 0.15) is 15.2 Å². The molecule has 2 aromatic rings. The Bertz CT molecular complexity index is 565. The maximum atomic E-state index is 12.7. The molecule has 1 N–H and O–H groups in total. The number of rotatable bonds is 4.